The first-order chi connectivity index (χ1) is 6.59. The van der Waals surface area contributed by atoms with Gasteiger partial charge in [0.05, 0.1) is 10.5 Å². The Hall–Kier alpha value is -0.790. The largest absolute Gasteiger partial charge is 0.234 e. The number of hydrogen-bond acceptors (Lipinski definition) is 1. The molecule has 0 atom stereocenters. The molecular weight excluding hydrogens is 217 g/mol. The molecule has 0 aliphatic carbocycles. The fourth-order valence-electron chi connectivity index (χ4n) is 1.44. The summed E-state index contributed by atoms with van der Waals surface area (Å²) in [5.74, 6) is 0. The third-order valence-electron chi connectivity index (χ3n) is 2.28. The summed E-state index contributed by atoms with van der Waals surface area (Å²) in [5.41, 5.74) is 2.92. The second-order valence-electron chi connectivity index (χ2n) is 3.36. The van der Waals surface area contributed by atoms with Crippen molar-refractivity contribution >= 4 is 34.1 Å². The molecule has 1 aromatic heterocycles. The first-order valence-electron chi connectivity index (χ1n) is 4.31. The van der Waals surface area contributed by atoms with Gasteiger partial charge in [0.1, 0.15) is 5.15 Å². The lowest BCUT2D eigenvalue weighted by Crippen LogP contribution is -1.87. The Morgan fingerprint density at radius 3 is 2.50 bits per heavy atom. The van der Waals surface area contributed by atoms with Gasteiger partial charge in [-0.25, -0.2) is 4.98 Å². The minimum absolute atomic E-state index is 0.519. The van der Waals surface area contributed by atoms with Gasteiger partial charge < -0.3 is 0 Å². The molecule has 1 nitrogen and oxygen atoms in total. The minimum atomic E-state index is 0.519. The Morgan fingerprint density at radius 1 is 1.07 bits per heavy atom. The van der Waals surface area contributed by atoms with Gasteiger partial charge in [-0.15, -0.1) is 0 Å². The topological polar surface area (TPSA) is 12.9 Å². The van der Waals surface area contributed by atoms with Crippen molar-refractivity contribution in [2.45, 2.75) is 13.8 Å². The zero-order chi connectivity index (χ0) is 10.3. The first kappa shape index (κ1) is 9.75. The number of nitrogens with zero attached hydrogens (tertiary/aromatic N) is 1. The van der Waals surface area contributed by atoms with Crippen LogP contribution in [0.1, 0.15) is 11.1 Å². The fraction of sp³-hybridized carbons (Fsp3) is 0.182. The lowest BCUT2D eigenvalue weighted by atomic mass is 10.1. The summed E-state index contributed by atoms with van der Waals surface area (Å²) in [5, 5.41) is 2.23. The van der Waals surface area contributed by atoms with Crippen molar-refractivity contribution in [2.24, 2.45) is 0 Å². The summed E-state index contributed by atoms with van der Waals surface area (Å²) >= 11 is 12.0. The maximum Gasteiger partial charge on any atom is 0.132 e. The molecular formula is C11H9Cl2N. The summed E-state index contributed by atoms with van der Waals surface area (Å²) in [6.07, 6.45) is 0. The Kier molecular flexibility index (Phi) is 2.38. The number of aryl methyl sites for hydroxylation is 2. The predicted molar refractivity (Wildman–Crippen MR) is 61.2 cm³/mol. The van der Waals surface area contributed by atoms with Gasteiger partial charge in [0.15, 0.2) is 0 Å². The smallest absolute Gasteiger partial charge is 0.132 e. The maximum atomic E-state index is 6.03. The van der Waals surface area contributed by atoms with E-state index < -0.39 is 0 Å². The molecule has 1 heterocycles. The van der Waals surface area contributed by atoms with Gasteiger partial charge in [-0.2, -0.15) is 0 Å². The molecule has 1 aromatic carbocycles. The second kappa shape index (κ2) is 3.41. The molecule has 3 heteroatoms. The van der Waals surface area contributed by atoms with Gasteiger partial charge in [0, 0.05) is 5.39 Å². The predicted octanol–water partition coefficient (Wildman–Crippen LogP) is 4.16. The van der Waals surface area contributed by atoms with Gasteiger partial charge in [-0.1, -0.05) is 29.3 Å². The van der Waals surface area contributed by atoms with E-state index in [1.165, 1.54) is 0 Å². The average molecular weight is 226 g/mol. The highest BCUT2D eigenvalue weighted by atomic mass is 35.5. The molecule has 14 heavy (non-hydrogen) atoms. The Balaban J connectivity index is 2.94. The van der Waals surface area contributed by atoms with Crippen molar-refractivity contribution < 1.29 is 0 Å². The molecule has 2 rings (SSSR count). The monoisotopic (exact) mass is 225 g/mol. The molecule has 0 amide bonds. The first-order valence-corrected chi connectivity index (χ1v) is 5.07. The Morgan fingerprint density at radius 2 is 1.79 bits per heavy atom. The number of fused-ring (bicyclic) bond motifs is 1. The van der Waals surface area contributed by atoms with E-state index in [1.807, 2.05) is 32.0 Å². The molecule has 0 bridgehead atoms. The van der Waals surface area contributed by atoms with E-state index >= 15 is 0 Å². The van der Waals surface area contributed by atoms with Crippen LogP contribution in [0, 0.1) is 13.8 Å². The molecule has 72 valence electrons. The summed E-state index contributed by atoms with van der Waals surface area (Å²) in [7, 11) is 0. The van der Waals surface area contributed by atoms with Crippen LogP contribution in [0.3, 0.4) is 0 Å². The van der Waals surface area contributed by atoms with Crippen LogP contribution in [0.15, 0.2) is 18.2 Å². The van der Waals surface area contributed by atoms with Crippen molar-refractivity contribution in [3.63, 3.8) is 0 Å². The van der Waals surface area contributed by atoms with Crippen molar-refractivity contribution in [1.29, 1.82) is 0 Å². The van der Waals surface area contributed by atoms with Crippen LogP contribution in [0.5, 0.6) is 0 Å². The lowest BCUT2D eigenvalue weighted by molar-refractivity contribution is 1.32. The van der Waals surface area contributed by atoms with Crippen LogP contribution < -0.4 is 0 Å². The van der Waals surface area contributed by atoms with E-state index in [1.54, 1.807) is 0 Å². The molecule has 0 fully saturated rings. The normalized spacial score (nSPS) is 10.9. The lowest BCUT2D eigenvalue weighted by Gasteiger charge is -2.05. The minimum Gasteiger partial charge on any atom is -0.234 e. The number of hydrogen-bond donors (Lipinski definition) is 0. The SMILES string of the molecule is Cc1cc2c(C)ccc(Cl)c2nc1Cl. The molecule has 2 aromatic rings. The van der Waals surface area contributed by atoms with E-state index in [4.69, 9.17) is 23.2 Å². The highest BCUT2D eigenvalue weighted by Gasteiger charge is 2.06. The van der Waals surface area contributed by atoms with Gasteiger partial charge >= 0.3 is 0 Å². The van der Waals surface area contributed by atoms with Crippen LogP contribution in [0.2, 0.25) is 10.2 Å². The standard InChI is InChI=1S/C11H9Cl2N/c1-6-3-4-9(12)10-8(6)5-7(2)11(13)14-10/h3-5H,1-2H3. The van der Waals surface area contributed by atoms with Crippen molar-refractivity contribution in [2.75, 3.05) is 0 Å². The zero-order valence-electron chi connectivity index (χ0n) is 7.94. The van der Waals surface area contributed by atoms with Crippen molar-refractivity contribution in [1.82, 2.24) is 4.98 Å². The number of benzene rings is 1. The third-order valence-corrected chi connectivity index (χ3v) is 2.97. The summed E-state index contributed by atoms with van der Waals surface area (Å²) in [6, 6.07) is 5.85. The zero-order valence-corrected chi connectivity index (χ0v) is 9.45. The average Bonchev–Trinajstić information content (AvgIpc) is 2.15. The van der Waals surface area contributed by atoms with Gasteiger partial charge in [-0.05, 0) is 37.1 Å². The van der Waals surface area contributed by atoms with E-state index in [2.05, 4.69) is 4.98 Å². The van der Waals surface area contributed by atoms with Gasteiger partial charge in [0.25, 0.3) is 0 Å². The van der Waals surface area contributed by atoms with Crippen LogP contribution in [0.25, 0.3) is 10.9 Å². The molecule has 0 unspecified atom stereocenters. The summed E-state index contributed by atoms with van der Waals surface area (Å²) < 4.78 is 0. The summed E-state index contributed by atoms with van der Waals surface area (Å²) in [6.45, 7) is 3.98. The molecule has 0 saturated heterocycles. The second-order valence-corrected chi connectivity index (χ2v) is 4.12. The highest BCUT2D eigenvalue weighted by molar-refractivity contribution is 6.36. The van der Waals surface area contributed by atoms with Gasteiger partial charge in [0.2, 0.25) is 0 Å². The van der Waals surface area contributed by atoms with Crippen LogP contribution in [-0.2, 0) is 0 Å². The van der Waals surface area contributed by atoms with Crippen LogP contribution in [0.4, 0.5) is 0 Å². The highest BCUT2D eigenvalue weighted by Crippen LogP contribution is 2.27. The van der Waals surface area contributed by atoms with E-state index in [9.17, 15) is 0 Å². The molecule has 0 aliphatic heterocycles. The quantitative estimate of drug-likeness (QED) is 0.614. The number of rotatable bonds is 0. The molecule has 0 N–H and O–H groups in total. The number of pyridine rings is 1. The van der Waals surface area contributed by atoms with Gasteiger partial charge in [-0.3, -0.25) is 0 Å². The van der Waals surface area contributed by atoms with E-state index in [-0.39, 0.29) is 0 Å². The Labute approximate surface area is 92.7 Å². The maximum absolute atomic E-state index is 6.03. The van der Waals surface area contributed by atoms with Crippen LogP contribution >= 0.6 is 23.2 Å². The van der Waals surface area contributed by atoms with E-state index in [0.29, 0.717) is 10.2 Å². The fourth-order valence-corrected chi connectivity index (χ4v) is 1.79. The third kappa shape index (κ3) is 1.47. The van der Waals surface area contributed by atoms with Crippen molar-refractivity contribution in [3.8, 4) is 0 Å². The summed E-state index contributed by atoms with van der Waals surface area (Å²) in [4.78, 5) is 4.27. The number of halogens is 2. The molecule has 0 spiro atoms. The number of aromatic nitrogens is 1. The molecule has 0 saturated carbocycles. The van der Waals surface area contributed by atoms with Crippen molar-refractivity contribution in [3.05, 3.63) is 39.5 Å². The van der Waals surface area contributed by atoms with Crippen LogP contribution in [-0.4, -0.2) is 4.98 Å². The molecule has 0 radical (unpaired) electrons. The molecule has 0 aliphatic rings. The van der Waals surface area contributed by atoms with E-state index in [0.717, 1.165) is 22.0 Å². The Bertz CT molecular complexity index is 460.